The summed E-state index contributed by atoms with van der Waals surface area (Å²) in [6, 6.07) is -0.654. The highest BCUT2D eigenvalue weighted by atomic mass is 16.3. The van der Waals surface area contributed by atoms with Crippen LogP contribution in [0.3, 0.4) is 0 Å². The molecule has 5 heteroatoms. The molecule has 372 valence electrons. The van der Waals surface area contributed by atoms with Crippen molar-refractivity contribution in [3.63, 3.8) is 0 Å². The number of rotatable bonds is 54. The Hall–Kier alpha value is -0.650. The van der Waals surface area contributed by atoms with E-state index in [1.807, 2.05) is 0 Å². The molecule has 1 amide bonds. The Morgan fingerprint density at radius 2 is 0.548 bits per heavy atom. The van der Waals surface area contributed by atoms with Crippen LogP contribution in [0.15, 0.2) is 0 Å². The van der Waals surface area contributed by atoms with Crippen molar-refractivity contribution in [1.29, 1.82) is 0 Å². The van der Waals surface area contributed by atoms with Gasteiger partial charge in [-0.25, -0.2) is 0 Å². The first-order valence-electron chi connectivity index (χ1n) is 28.8. The van der Waals surface area contributed by atoms with Crippen molar-refractivity contribution in [3.8, 4) is 0 Å². The lowest BCUT2D eigenvalue weighted by molar-refractivity contribution is -0.125. The van der Waals surface area contributed by atoms with Crippen LogP contribution in [0, 0.1) is 0 Å². The second-order valence-electron chi connectivity index (χ2n) is 20.3. The average Bonchev–Trinajstić information content (AvgIpc) is 3.27. The molecule has 0 aliphatic heterocycles. The zero-order valence-electron chi connectivity index (χ0n) is 42.5. The van der Waals surface area contributed by atoms with Crippen LogP contribution >= 0.6 is 0 Å². The standard InChI is InChI=1S/C57H115NO4/c1-3-5-7-9-11-13-15-17-19-21-23-25-27-29-31-33-35-37-39-41-43-45-47-49-51-56(61)55(53-59)58-57(62)52-54(60)50-48-46-44-42-40-38-36-34-32-30-28-26-24-22-20-18-16-14-12-10-8-6-4-2/h54-56,59-61H,3-53H2,1-2H3,(H,58,62). The van der Waals surface area contributed by atoms with Crippen molar-refractivity contribution in [2.45, 2.75) is 353 Å². The molecule has 62 heavy (non-hydrogen) atoms. The van der Waals surface area contributed by atoms with E-state index < -0.39 is 18.2 Å². The number of carbonyl (C=O) groups is 1. The normalized spacial score (nSPS) is 13.2. The Bertz CT molecular complexity index is 838. The maximum Gasteiger partial charge on any atom is 0.222 e. The molecule has 0 aliphatic carbocycles. The van der Waals surface area contributed by atoms with Gasteiger partial charge in [0.05, 0.1) is 31.3 Å². The first-order chi connectivity index (χ1) is 30.5. The van der Waals surface area contributed by atoms with Crippen LogP contribution in [-0.4, -0.2) is 46.1 Å². The molecule has 0 saturated heterocycles. The second kappa shape index (κ2) is 53.0. The molecule has 0 fully saturated rings. The summed E-state index contributed by atoms with van der Waals surface area (Å²) in [5, 5.41) is 33.7. The van der Waals surface area contributed by atoms with Gasteiger partial charge < -0.3 is 20.6 Å². The van der Waals surface area contributed by atoms with Crippen molar-refractivity contribution in [2.75, 3.05) is 6.61 Å². The predicted octanol–water partition coefficient (Wildman–Crippen LogP) is 17.7. The number of carbonyl (C=O) groups excluding carboxylic acids is 1. The summed E-state index contributed by atoms with van der Waals surface area (Å²) in [6.07, 6.45) is 64.1. The summed E-state index contributed by atoms with van der Waals surface area (Å²) in [4.78, 5) is 12.5. The van der Waals surface area contributed by atoms with Gasteiger partial charge in [0, 0.05) is 0 Å². The quantitative estimate of drug-likeness (QED) is 0.0458. The van der Waals surface area contributed by atoms with E-state index in [0.29, 0.717) is 12.8 Å². The Balaban J connectivity index is 3.49. The molecule has 3 unspecified atom stereocenters. The summed E-state index contributed by atoms with van der Waals surface area (Å²) in [5.41, 5.74) is 0. The average molecular weight is 879 g/mol. The van der Waals surface area contributed by atoms with Gasteiger partial charge in [0.2, 0.25) is 5.91 Å². The van der Waals surface area contributed by atoms with E-state index in [1.54, 1.807) is 0 Å². The van der Waals surface area contributed by atoms with Gasteiger partial charge in [0.1, 0.15) is 0 Å². The van der Waals surface area contributed by atoms with Gasteiger partial charge in [-0.1, -0.05) is 316 Å². The third-order valence-corrected chi connectivity index (χ3v) is 13.9. The van der Waals surface area contributed by atoms with Gasteiger partial charge in [-0.15, -0.1) is 0 Å². The summed E-state index contributed by atoms with van der Waals surface area (Å²) >= 11 is 0. The van der Waals surface area contributed by atoms with Crippen LogP contribution < -0.4 is 5.32 Å². The summed E-state index contributed by atoms with van der Waals surface area (Å²) in [5.74, 6) is -0.274. The highest BCUT2D eigenvalue weighted by Crippen LogP contribution is 2.19. The first-order valence-corrected chi connectivity index (χ1v) is 28.8. The SMILES string of the molecule is CCCCCCCCCCCCCCCCCCCCCCCCCCC(O)C(CO)NC(=O)CC(O)CCCCCCCCCCCCCCCCCCCCCCCCC. The first kappa shape index (κ1) is 61.4. The minimum atomic E-state index is -0.745. The van der Waals surface area contributed by atoms with Crippen LogP contribution in [0.4, 0.5) is 0 Å². The van der Waals surface area contributed by atoms with Crippen LogP contribution in [0.5, 0.6) is 0 Å². The molecule has 0 bridgehead atoms. The highest BCUT2D eigenvalue weighted by Gasteiger charge is 2.21. The number of unbranched alkanes of at least 4 members (excludes halogenated alkanes) is 45. The molecule has 0 aromatic heterocycles. The fourth-order valence-electron chi connectivity index (χ4n) is 9.53. The summed E-state index contributed by atoms with van der Waals surface area (Å²) < 4.78 is 0. The molecule has 0 saturated carbocycles. The van der Waals surface area contributed by atoms with E-state index in [0.717, 1.165) is 25.7 Å². The summed E-state index contributed by atoms with van der Waals surface area (Å²) in [7, 11) is 0. The number of hydrogen-bond acceptors (Lipinski definition) is 4. The van der Waals surface area contributed by atoms with Gasteiger partial charge in [0.25, 0.3) is 0 Å². The fraction of sp³-hybridized carbons (Fsp3) is 0.982. The lowest BCUT2D eigenvalue weighted by Crippen LogP contribution is -2.46. The monoisotopic (exact) mass is 878 g/mol. The molecule has 0 spiro atoms. The Kier molecular flexibility index (Phi) is 52.4. The van der Waals surface area contributed by atoms with Crippen molar-refractivity contribution < 1.29 is 20.1 Å². The van der Waals surface area contributed by atoms with Crippen LogP contribution in [0.2, 0.25) is 0 Å². The third-order valence-electron chi connectivity index (χ3n) is 13.9. The van der Waals surface area contributed by atoms with Crippen molar-refractivity contribution in [1.82, 2.24) is 5.32 Å². The number of hydrogen-bond donors (Lipinski definition) is 4. The molecule has 0 heterocycles. The molecule has 3 atom stereocenters. The van der Waals surface area contributed by atoms with Crippen LogP contribution in [0.25, 0.3) is 0 Å². The maximum atomic E-state index is 12.5. The van der Waals surface area contributed by atoms with E-state index in [1.165, 1.54) is 276 Å². The molecule has 5 nitrogen and oxygen atoms in total. The van der Waals surface area contributed by atoms with Crippen LogP contribution in [0.1, 0.15) is 335 Å². The van der Waals surface area contributed by atoms with Gasteiger partial charge in [-0.2, -0.15) is 0 Å². The maximum absolute atomic E-state index is 12.5. The smallest absolute Gasteiger partial charge is 0.222 e. The van der Waals surface area contributed by atoms with Gasteiger partial charge in [-0.05, 0) is 12.8 Å². The van der Waals surface area contributed by atoms with E-state index in [2.05, 4.69) is 19.2 Å². The molecule has 0 aromatic rings. The number of nitrogens with one attached hydrogen (secondary N) is 1. The molecule has 4 N–H and O–H groups in total. The third kappa shape index (κ3) is 48.8. The molecule has 0 aliphatic rings. The number of aliphatic hydroxyl groups excluding tert-OH is 3. The molecule has 0 rings (SSSR count). The van der Waals surface area contributed by atoms with E-state index >= 15 is 0 Å². The van der Waals surface area contributed by atoms with E-state index in [9.17, 15) is 20.1 Å². The molecule has 0 radical (unpaired) electrons. The number of aliphatic hydroxyl groups is 3. The fourth-order valence-corrected chi connectivity index (χ4v) is 9.53. The van der Waals surface area contributed by atoms with Crippen LogP contribution in [-0.2, 0) is 4.79 Å². The topological polar surface area (TPSA) is 89.8 Å². The lowest BCUT2D eigenvalue weighted by Gasteiger charge is -2.23. The van der Waals surface area contributed by atoms with Gasteiger partial charge in [-0.3, -0.25) is 4.79 Å². The minimum absolute atomic E-state index is 0.0437. The van der Waals surface area contributed by atoms with E-state index in [4.69, 9.17) is 0 Å². The summed E-state index contributed by atoms with van der Waals surface area (Å²) in [6.45, 7) is 4.31. The van der Waals surface area contributed by atoms with E-state index in [-0.39, 0.29) is 18.9 Å². The van der Waals surface area contributed by atoms with Crippen molar-refractivity contribution in [3.05, 3.63) is 0 Å². The lowest BCUT2D eigenvalue weighted by atomic mass is 10.0. The molecule has 0 aromatic carbocycles. The Morgan fingerprint density at radius 1 is 0.339 bits per heavy atom. The Labute approximate surface area is 389 Å². The van der Waals surface area contributed by atoms with Gasteiger partial charge in [0.15, 0.2) is 0 Å². The molecular weight excluding hydrogens is 763 g/mol. The zero-order chi connectivity index (χ0) is 45.1. The second-order valence-corrected chi connectivity index (χ2v) is 20.3. The van der Waals surface area contributed by atoms with Crippen molar-refractivity contribution in [2.24, 2.45) is 0 Å². The predicted molar refractivity (Wildman–Crippen MR) is 273 cm³/mol. The van der Waals surface area contributed by atoms with Crippen molar-refractivity contribution >= 4 is 5.91 Å². The molecular formula is C57H115NO4. The zero-order valence-corrected chi connectivity index (χ0v) is 42.5. The minimum Gasteiger partial charge on any atom is -0.394 e. The number of amides is 1. The Morgan fingerprint density at radius 3 is 0.774 bits per heavy atom. The highest BCUT2D eigenvalue weighted by molar-refractivity contribution is 5.76. The largest absolute Gasteiger partial charge is 0.394 e. The van der Waals surface area contributed by atoms with Gasteiger partial charge >= 0.3 is 0 Å².